The van der Waals surface area contributed by atoms with Gasteiger partial charge in [-0.2, -0.15) is 0 Å². The van der Waals surface area contributed by atoms with Crippen LogP contribution in [0.4, 0.5) is 5.69 Å². The highest BCUT2D eigenvalue weighted by Crippen LogP contribution is 2.33. The van der Waals surface area contributed by atoms with Crippen LogP contribution in [-0.4, -0.2) is 137 Å². The van der Waals surface area contributed by atoms with Crippen LogP contribution in [0.25, 0.3) is 0 Å². The Bertz CT molecular complexity index is 1270. The van der Waals surface area contributed by atoms with Crippen molar-refractivity contribution >= 4 is 17.6 Å². The van der Waals surface area contributed by atoms with E-state index in [1.807, 2.05) is 32.0 Å². The highest BCUT2D eigenvalue weighted by atomic mass is 16.7. The molecule has 2 aromatic rings. The van der Waals surface area contributed by atoms with Crippen molar-refractivity contribution in [2.75, 3.05) is 58.3 Å². The third-order valence-electron chi connectivity index (χ3n) is 7.68. The lowest BCUT2D eigenvalue weighted by Crippen LogP contribution is -2.61. The van der Waals surface area contributed by atoms with E-state index in [2.05, 4.69) is 15.1 Å². The summed E-state index contributed by atoms with van der Waals surface area (Å²) in [5.41, 5.74) is 2.89. The fourth-order valence-electron chi connectivity index (χ4n) is 5.18. The Hall–Kier alpha value is -3.50. The Morgan fingerprint density at radius 1 is 0.977 bits per heavy atom. The van der Waals surface area contributed by atoms with Gasteiger partial charge in [0, 0.05) is 44.5 Å². The standard InChI is InChI=1S/C30H41N3O11/c1-17-5-4-6-18(2)24(17)31-23(35)15-33-11-9-32(10-12-33)14-19(34)16-42-21-8-7-20(13-22(21)41-3)43-30-27(38)25(36)26(37)28(44-30)29(39)40/h4-8,13,19,25-28,30,34,36-38H,9-12,14-16H2,1-3H3,(H,31,35)(H,39,40)/t19?,25-,26-,27+,28-,30?/m0/s1. The smallest absolute Gasteiger partial charge is 0.335 e. The van der Waals surface area contributed by atoms with Gasteiger partial charge in [-0.1, -0.05) is 18.2 Å². The number of hydrogen-bond donors (Lipinski definition) is 6. The lowest BCUT2D eigenvalue weighted by Gasteiger charge is -2.38. The van der Waals surface area contributed by atoms with E-state index in [-0.39, 0.29) is 24.0 Å². The zero-order chi connectivity index (χ0) is 32.0. The lowest BCUT2D eigenvalue weighted by molar-refractivity contribution is -0.271. The van der Waals surface area contributed by atoms with E-state index >= 15 is 0 Å². The van der Waals surface area contributed by atoms with Crippen molar-refractivity contribution in [1.29, 1.82) is 0 Å². The number of anilines is 1. The number of para-hydroxylation sites is 1. The van der Waals surface area contributed by atoms with Gasteiger partial charge in [0.25, 0.3) is 0 Å². The SMILES string of the molecule is COc1cc(OC2O[C@H](C(=O)O)[C@@H](O)[C@H](O)[C@H]2O)ccc1OCC(O)CN1CCN(CC(=O)Nc2c(C)cccc2C)CC1. The number of aliphatic carboxylic acids is 1. The molecule has 2 unspecified atom stereocenters. The fraction of sp³-hybridized carbons (Fsp3) is 0.533. The Morgan fingerprint density at radius 2 is 1.64 bits per heavy atom. The number of aliphatic hydroxyl groups excluding tert-OH is 4. The van der Waals surface area contributed by atoms with E-state index in [0.29, 0.717) is 45.0 Å². The molecule has 2 saturated heterocycles. The highest BCUT2D eigenvalue weighted by molar-refractivity contribution is 5.93. The topological polar surface area (TPSA) is 191 Å². The molecular formula is C30H41N3O11. The highest BCUT2D eigenvalue weighted by Gasteiger charge is 2.48. The van der Waals surface area contributed by atoms with Gasteiger partial charge < -0.3 is 49.8 Å². The van der Waals surface area contributed by atoms with Gasteiger partial charge in [0.15, 0.2) is 17.6 Å². The number of carbonyl (C=O) groups is 2. The molecule has 0 aromatic heterocycles. The second kappa shape index (κ2) is 15.0. The zero-order valence-corrected chi connectivity index (χ0v) is 25.0. The van der Waals surface area contributed by atoms with Gasteiger partial charge in [0.1, 0.15) is 36.8 Å². The number of methoxy groups -OCH3 is 1. The first-order valence-corrected chi connectivity index (χ1v) is 14.4. The Balaban J connectivity index is 1.22. The van der Waals surface area contributed by atoms with Crippen LogP contribution in [0.5, 0.6) is 17.2 Å². The number of aliphatic hydroxyl groups is 4. The second-order valence-electron chi connectivity index (χ2n) is 11.0. The van der Waals surface area contributed by atoms with Crippen LogP contribution >= 0.6 is 0 Å². The molecule has 2 aliphatic rings. The number of rotatable bonds is 12. The van der Waals surface area contributed by atoms with E-state index in [0.717, 1.165) is 16.8 Å². The number of piperazine rings is 1. The van der Waals surface area contributed by atoms with Crippen molar-refractivity contribution in [3.05, 3.63) is 47.5 Å². The summed E-state index contributed by atoms with van der Waals surface area (Å²) in [6, 6.07) is 10.3. The minimum Gasteiger partial charge on any atom is -0.493 e. The van der Waals surface area contributed by atoms with Crippen LogP contribution in [0, 0.1) is 13.8 Å². The minimum atomic E-state index is -1.83. The van der Waals surface area contributed by atoms with Gasteiger partial charge in [0.05, 0.1) is 13.7 Å². The third-order valence-corrected chi connectivity index (χ3v) is 7.68. The molecule has 6 N–H and O–H groups in total. The number of nitrogens with one attached hydrogen (secondary N) is 1. The molecule has 0 spiro atoms. The van der Waals surface area contributed by atoms with E-state index < -0.39 is 42.8 Å². The summed E-state index contributed by atoms with van der Waals surface area (Å²) >= 11 is 0. The first-order chi connectivity index (χ1) is 21.0. The average Bonchev–Trinajstić information content (AvgIpc) is 2.99. The normalized spacial score (nSPS) is 25.2. The third kappa shape index (κ3) is 8.35. The predicted molar refractivity (Wildman–Crippen MR) is 157 cm³/mol. The van der Waals surface area contributed by atoms with Crippen molar-refractivity contribution in [2.24, 2.45) is 0 Å². The predicted octanol–water partition coefficient (Wildman–Crippen LogP) is -0.421. The Labute approximate surface area is 255 Å². The molecular weight excluding hydrogens is 578 g/mol. The average molecular weight is 620 g/mol. The number of aryl methyl sites for hydroxylation is 2. The number of carboxylic acids is 1. The van der Waals surface area contributed by atoms with E-state index in [9.17, 15) is 35.1 Å². The summed E-state index contributed by atoms with van der Waals surface area (Å²) in [6.07, 6.45) is -9.50. The minimum absolute atomic E-state index is 0.0240. The molecule has 0 bridgehead atoms. The summed E-state index contributed by atoms with van der Waals surface area (Å²) in [7, 11) is 1.40. The molecule has 6 atom stereocenters. The number of carboxylic acid groups (broad SMARTS) is 1. The second-order valence-corrected chi connectivity index (χ2v) is 11.0. The first kappa shape index (κ1) is 33.4. The molecule has 1 amide bonds. The van der Waals surface area contributed by atoms with Crippen molar-refractivity contribution < 1.29 is 54.1 Å². The number of ether oxygens (including phenoxy) is 4. The molecule has 0 saturated carbocycles. The van der Waals surface area contributed by atoms with Gasteiger partial charge in [-0.15, -0.1) is 0 Å². The van der Waals surface area contributed by atoms with Crippen molar-refractivity contribution in [2.45, 2.75) is 50.7 Å². The maximum atomic E-state index is 12.6. The van der Waals surface area contributed by atoms with Crippen LogP contribution in [0.2, 0.25) is 0 Å². The Morgan fingerprint density at radius 3 is 2.27 bits per heavy atom. The molecule has 0 radical (unpaired) electrons. The largest absolute Gasteiger partial charge is 0.493 e. The molecule has 2 aliphatic heterocycles. The molecule has 4 rings (SSSR count). The maximum absolute atomic E-state index is 12.6. The van der Waals surface area contributed by atoms with Gasteiger partial charge >= 0.3 is 5.97 Å². The molecule has 44 heavy (non-hydrogen) atoms. The summed E-state index contributed by atoms with van der Waals surface area (Å²) in [5, 5.41) is 52.9. The van der Waals surface area contributed by atoms with Crippen LogP contribution in [0.15, 0.2) is 36.4 Å². The number of amides is 1. The first-order valence-electron chi connectivity index (χ1n) is 14.4. The number of benzene rings is 2. The summed E-state index contributed by atoms with van der Waals surface area (Å²) < 4.78 is 21.8. The van der Waals surface area contributed by atoms with Gasteiger partial charge in [0.2, 0.25) is 12.2 Å². The number of carbonyl (C=O) groups excluding carboxylic acids is 1. The summed E-state index contributed by atoms with van der Waals surface area (Å²) in [4.78, 5) is 28.1. The lowest BCUT2D eigenvalue weighted by atomic mass is 9.99. The Kier molecular flexibility index (Phi) is 11.4. The molecule has 2 heterocycles. The van der Waals surface area contributed by atoms with Crippen LogP contribution in [0.3, 0.4) is 0 Å². The molecule has 0 aliphatic carbocycles. The number of hydrogen-bond acceptors (Lipinski definition) is 12. The van der Waals surface area contributed by atoms with Crippen LogP contribution in [0.1, 0.15) is 11.1 Å². The van der Waals surface area contributed by atoms with E-state index in [1.165, 1.54) is 25.3 Å². The summed E-state index contributed by atoms with van der Waals surface area (Å²) in [5.74, 6) is -0.911. The maximum Gasteiger partial charge on any atom is 0.335 e. The molecule has 2 fully saturated rings. The van der Waals surface area contributed by atoms with Crippen LogP contribution in [-0.2, 0) is 14.3 Å². The summed E-state index contributed by atoms with van der Waals surface area (Å²) in [6.45, 7) is 7.33. The van der Waals surface area contributed by atoms with Gasteiger partial charge in [-0.05, 0) is 37.1 Å². The van der Waals surface area contributed by atoms with E-state index in [4.69, 9.17) is 18.9 Å². The van der Waals surface area contributed by atoms with Crippen molar-refractivity contribution in [3.8, 4) is 17.2 Å². The molecule has 2 aromatic carbocycles. The van der Waals surface area contributed by atoms with Gasteiger partial charge in [-0.3, -0.25) is 14.6 Å². The fourth-order valence-corrected chi connectivity index (χ4v) is 5.18. The number of β-amino-alcohol motifs (C(OH)–C–C–N with tert-alkyl or cyclic N) is 1. The monoisotopic (exact) mass is 619 g/mol. The molecule has 14 nitrogen and oxygen atoms in total. The number of nitrogens with zero attached hydrogens (tertiary/aromatic N) is 2. The van der Waals surface area contributed by atoms with E-state index in [1.54, 1.807) is 0 Å². The zero-order valence-electron chi connectivity index (χ0n) is 25.0. The van der Waals surface area contributed by atoms with Crippen molar-refractivity contribution in [1.82, 2.24) is 9.80 Å². The molecule has 14 heteroatoms. The quantitative estimate of drug-likeness (QED) is 0.180. The molecule has 242 valence electrons. The van der Waals surface area contributed by atoms with Crippen LogP contribution < -0.4 is 19.5 Å². The van der Waals surface area contributed by atoms with Gasteiger partial charge in [-0.25, -0.2) is 4.79 Å². The van der Waals surface area contributed by atoms with Crippen molar-refractivity contribution in [3.63, 3.8) is 0 Å².